The van der Waals surface area contributed by atoms with Crippen LogP contribution < -0.4 is 5.32 Å². The van der Waals surface area contributed by atoms with E-state index in [-0.39, 0.29) is 36.7 Å². The van der Waals surface area contributed by atoms with Gasteiger partial charge in [-0.25, -0.2) is 0 Å². The van der Waals surface area contributed by atoms with Crippen molar-refractivity contribution in [3.05, 3.63) is 0 Å². The maximum Gasteiger partial charge on any atom is 0.222 e. The summed E-state index contributed by atoms with van der Waals surface area (Å²) in [5.41, 5.74) is 0. The molecule has 1 saturated carbocycles. The second kappa shape index (κ2) is 5.85. The predicted molar refractivity (Wildman–Crippen MR) is 56.3 cm³/mol. The molecule has 0 spiro atoms. The lowest BCUT2D eigenvalue weighted by atomic mass is 9.84. The van der Waals surface area contributed by atoms with Gasteiger partial charge < -0.3 is 10.4 Å². The molecule has 0 aromatic heterocycles. The fourth-order valence-corrected chi connectivity index (χ4v) is 2.05. The molecular formula is C11H19NO3. The van der Waals surface area contributed by atoms with Gasteiger partial charge in [0, 0.05) is 18.4 Å². The van der Waals surface area contributed by atoms with Crippen LogP contribution in [0.4, 0.5) is 0 Å². The highest BCUT2D eigenvalue weighted by Crippen LogP contribution is 2.24. The van der Waals surface area contributed by atoms with Gasteiger partial charge in [-0.15, -0.1) is 0 Å². The Bertz CT molecular complexity index is 232. The Morgan fingerprint density at radius 2 is 1.87 bits per heavy atom. The Morgan fingerprint density at radius 1 is 1.27 bits per heavy atom. The number of rotatable bonds is 4. The van der Waals surface area contributed by atoms with Crippen LogP contribution in [-0.4, -0.2) is 29.4 Å². The van der Waals surface area contributed by atoms with Gasteiger partial charge in [0.05, 0.1) is 6.61 Å². The number of aliphatic hydroxyl groups is 1. The van der Waals surface area contributed by atoms with Crippen LogP contribution in [0.25, 0.3) is 0 Å². The first-order valence-electron chi connectivity index (χ1n) is 5.54. The zero-order chi connectivity index (χ0) is 11.3. The smallest absolute Gasteiger partial charge is 0.222 e. The normalized spacial score (nSPS) is 26.0. The van der Waals surface area contributed by atoms with Crippen molar-refractivity contribution < 1.29 is 14.7 Å². The average molecular weight is 213 g/mol. The van der Waals surface area contributed by atoms with Crippen LogP contribution in [0.2, 0.25) is 0 Å². The van der Waals surface area contributed by atoms with E-state index in [4.69, 9.17) is 5.11 Å². The van der Waals surface area contributed by atoms with E-state index in [1.807, 2.05) is 0 Å². The van der Waals surface area contributed by atoms with Crippen molar-refractivity contribution in [2.75, 3.05) is 6.61 Å². The maximum atomic E-state index is 11.2. The van der Waals surface area contributed by atoms with Crippen molar-refractivity contribution in [3.63, 3.8) is 0 Å². The first-order chi connectivity index (χ1) is 7.13. The molecule has 1 aliphatic rings. The van der Waals surface area contributed by atoms with Gasteiger partial charge >= 0.3 is 0 Å². The van der Waals surface area contributed by atoms with Crippen molar-refractivity contribution in [1.82, 2.24) is 5.32 Å². The number of amides is 1. The second-order valence-electron chi connectivity index (χ2n) is 4.20. The van der Waals surface area contributed by atoms with Gasteiger partial charge in [0.25, 0.3) is 0 Å². The molecule has 1 rings (SSSR count). The van der Waals surface area contributed by atoms with Crippen LogP contribution >= 0.6 is 0 Å². The standard InChI is InChI=1S/C11H19NO3/c1-8(14)9-2-4-10(5-3-9)12-11(15)6-7-13/h9-10,13H,2-7H2,1H3,(H,12,15). The van der Waals surface area contributed by atoms with E-state index in [1.54, 1.807) is 6.92 Å². The van der Waals surface area contributed by atoms with Gasteiger partial charge in [-0.1, -0.05) is 0 Å². The third kappa shape index (κ3) is 4.00. The highest BCUT2D eigenvalue weighted by Gasteiger charge is 2.24. The molecule has 1 aliphatic carbocycles. The van der Waals surface area contributed by atoms with Crippen LogP contribution in [0.5, 0.6) is 0 Å². The van der Waals surface area contributed by atoms with Crippen LogP contribution in [0.3, 0.4) is 0 Å². The van der Waals surface area contributed by atoms with Gasteiger partial charge in [0.1, 0.15) is 5.78 Å². The van der Waals surface area contributed by atoms with E-state index < -0.39 is 0 Å². The lowest BCUT2D eigenvalue weighted by molar-refractivity contribution is -0.123. The Hall–Kier alpha value is -0.900. The first kappa shape index (κ1) is 12.2. The number of hydrogen-bond acceptors (Lipinski definition) is 3. The molecule has 15 heavy (non-hydrogen) atoms. The summed E-state index contributed by atoms with van der Waals surface area (Å²) in [6.45, 7) is 1.53. The fraction of sp³-hybridized carbons (Fsp3) is 0.818. The van der Waals surface area contributed by atoms with Crippen molar-refractivity contribution >= 4 is 11.7 Å². The van der Waals surface area contributed by atoms with Gasteiger partial charge in [-0.3, -0.25) is 9.59 Å². The summed E-state index contributed by atoms with van der Waals surface area (Å²) in [6, 6.07) is 0.194. The molecule has 4 heteroatoms. The van der Waals surface area contributed by atoms with E-state index in [1.165, 1.54) is 0 Å². The zero-order valence-electron chi connectivity index (χ0n) is 9.16. The lowest BCUT2D eigenvalue weighted by Gasteiger charge is -2.27. The largest absolute Gasteiger partial charge is 0.396 e. The molecule has 2 N–H and O–H groups in total. The Morgan fingerprint density at radius 3 is 2.33 bits per heavy atom. The number of carbonyl (C=O) groups excluding carboxylic acids is 2. The molecule has 0 aromatic carbocycles. The van der Waals surface area contributed by atoms with Crippen molar-refractivity contribution in [2.24, 2.45) is 5.92 Å². The van der Waals surface area contributed by atoms with E-state index in [0.29, 0.717) is 0 Å². The van der Waals surface area contributed by atoms with Crippen LogP contribution in [0.1, 0.15) is 39.0 Å². The summed E-state index contributed by atoms with van der Waals surface area (Å²) >= 11 is 0. The SMILES string of the molecule is CC(=O)C1CCC(NC(=O)CCO)CC1. The monoisotopic (exact) mass is 213 g/mol. The molecule has 86 valence electrons. The maximum absolute atomic E-state index is 11.2. The zero-order valence-corrected chi connectivity index (χ0v) is 9.16. The minimum atomic E-state index is -0.103. The van der Waals surface area contributed by atoms with Crippen LogP contribution in [0, 0.1) is 5.92 Å². The number of hydrogen-bond donors (Lipinski definition) is 2. The number of carbonyl (C=O) groups is 2. The topological polar surface area (TPSA) is 66.4 Å². The van der Waals surface area contributed by atoms with E-state index in [2.05, 4.69) is 5.32 Å². The molecule has 0 radical (unpaired) electrons. The van der Waals surface area contributed by atoms with Gasteiger partial charge in [0.2, 0.25) is 5.91 Å². The molecule has 0 bridgehead atoms. The first-order valence-corrected chi connectivity index (χ1v) is 5.54. The van der Waals surface area contributed by atoms with Gasteiger partial charge in [0.15, 0.2) is 0 Å². The summed E-state index contributed by atoms with van der Waals surface area (Å²) in [4.78, 5) is 22.3. The highest BCUT2D eigenvalue weighted by molar-refractivity contribution is 5.78. The lowest BCUT2D eigenvalue weighted by Crippen LogP contribution is -2.38. The molecular weight excluding hydrogens is 194 g/mol. The minimum Gasteiger partial charge on any atom is -0.396 e. The molecule has 0 unspecified atom stereocenters. The molecule has 0 aliphatic heterocycles. The highest BCUT2D eigenvalue weighted by atomic mass is 16.3. The summed E-state index contributed by atoms with van der Waals surface area (Å²) in [5, 5.41) is 11.4. The number of Topliss-reactive ketones (excluding diaryl/α,β-unsaturated/α-hetero) is 1. The molecule has 0 heterocycles. The summed E-state index contributed by atoms with van der Waals surface area (Å²) in [7, 11) is 0. The molecule has 0 atom stereocenters. The molecule has 0 saturated heterocycles. The number of ketones is 1. The molecule has 0 aromatic rings. The third-order valence-electron chi connectivity index (χ3n) is 3.01. The van der Waals surface area contributed by atoms with Crippen molar-refractivity contribution in [3.8, 4) is 0 Å². The van der Waals surface area contributed by atoms with Gasteiger partial charge in [-0.2, -0.15) is 0 Å². The van der Waals surface area contributed by atoms with E-state index >= 15 is 0 Å². The predicted octanol–water partition coefficient (Wildman–Crippen LogP) is 0.633. The van der Waals surface area contributed by atoms with E-state index in [9.17, 15) is 9.59 Å². The Labute approximate surface area is 90.0 Å². The minimum absolute atomic E-state index is 0.0937. The summed E-state index contributed by atoms with van der Waals surface area (Å²) in [6.07, 6.45) is 3.67. The Kier molecular flexibility index (Phi) is 4.75. The third-order valence-corrected chi connectivity index (χ3v) is 3.01. The quantitative estimate of drug-likeness (QED) is 0.720. The van der Waals surface area contributed by atoms with Crippen molar-refractivity contribution in [1.29, 1.82) is 0 Å². The van der Waals surface area contributed by atoms with E-state index in [0.717, 1.165) is 25.7 Å². The number of aliphatic hydroxyl groups excluding tert-OH is 1. The second-order valence-corrected chi connectivity index (χ2v) is 4.20. The average Bonchev–Trinajstić information content (AvgIpc) is 2.18. The van der Waals surface area contributed by atoms with Crippen molar-refractivity contribution in [2.45, 2.75) is 45.1 Å². The number of nitrogens with one attached hydrogen (secondary N) is 1. The van der Waals surface area contributed by atoms with Gasteiger partial charge in [-0.05, 0) is 32.6 Å². The van der Waals surface area contributed by atoms with Crippen LogP contribution in [-0.2, 0) is 9.59 Å². The fourth-order valence-electron chi connectivity index (χ4n) is 2.05. The summed E-state index contributed by atoms with van der Waals surface area (Å²) < 4.78 is 0. The molecule has 4 nitrogen and oxygen atoms in total. The summed E-state index contributed by atoms with van der Waals surface area (Å²) in [5.74, 6) is 0.356. The molecule has 1 fully saturated rings. The Balaban J connectivity index is 2.25. The van der Waals surface area contributed by atoms with Crippen LogP contribution in [0.15, 0.2) is 0 Å². The molecule has 1 amide bonds.